The normalized spacial score (nSPS) is 12.3. The maximum atomic E-state index is 5.84. The Morgan fingerprint density at radius 1 is 1.05 bits per heavy atom. The fourth-order valence-electron chi connectivity index (χ4n) is 2.49. The Balaban J connectivity index is 2.05. The van der Waals surface area contributed by atoms with Crippen LogP contribution in [0.25, 0.3) is 11.1 Å². The average Bonchev–Trinajstić information content (AvgIpc) is 2.54. The molecule has 21 heavy (non-hydrogen) atoms. The average molecular weight is 283 g/mol. The van der Waals surface area contributed by atoms with Crippen LogP contribution >= 0.6 is 0 Å². The van der Waals surface area contributed by atoms with E-state index in [-0.39, 0.29) is 0 Å². The van der Waals surface area contributed by atoms with E-state index >= 15 is 0 Å². The number of rotatable bonds is 7. The van der Waals surface area contributed by atoms with Crippen molar-refractivity contribution in [3.63, 3.8) is 0 Å². The van der Waals surface area contributed by atoms with Crippen molar-refractivity contribution >= 4 is 0 Å². The zero-order valence-electron chi connectivity index (χ0n) is 13.0. The van der Waals surface area contributed by atoms with Crippen LogP contribution in [-0.4, -0.2) is 6.10 Å². The fourth-order valence-corrected chi connectivity index (χ4v) is 2.49. The van der Waals surface area contributed by atoms with E-state index in [2.05, 4.69) is 56.3 Å². The molecule has 2 heteroatoms. The van der Waals surface area contributed by atoms with E-state index in [1.165, 1.54) is 22.3 Å². The van der Waals surface area contributed by atoms with Crippen molar-refractivity contribution in [2.24, 2.45) is 5.73 Å². The lowest BCUT2D eigenvalue weighted by molar-refractivity contribution is 0.0472. The van der Waals surface area contributed by atoms with Gasteiger partial charge < -0.3 is 10.5 Å². The maximum absolute atomic E-state index is 5.84. The van der Waals surface area contributed by atoms with E-state index < -0.39 is 0 Å². The Bertz CT molecular complexity index is 548. The van der Waals surface area contributed by atoms with Crippen LogP contribution in [0.5, 0.6) is 0 Å². The molecule has 0 aromatic heterocycles. The molecule has 0 heterocycles. The van der Waals surface area contributed by atoms with Crippen molar-refractivity contribution in [1.82, 2.24) is 0 Å². The lowest BCUT2D eigenvalue weighted by Crippen LogP contribution is -2.07. The second-order valence-electron chi connectivity index (χ2n) is 5.47. The summed E-state index contributed by atoms with van der Waals surface area (Å²) >= 11 is 0. The molecular formula is C19H25NO. The zero-order chi connectivity index (χ0) is 15.1. The first-order valence-corrected chi connectivity index (χ1v) is 7.73. The molecular weight excluding hydrogens is 258 g/mol. The van der Waals surface area contributed by atoms with Crippen LogP contribution in [0.4, 0.5) is 0 Å². The van der Waals surface area contributed by atoms with Crippen molar-refractivity contribution in [3.05, 3.63) is 59.7 Å². The molecule has 2 rings (SSSR count). The van der Waals surface area contributed by atoms with Crippen molar-refractivity contribution < 1.29 is 4.74 Å². The number of hydrogen-bond acceptors (Lipinski definition) is 2. The van der Waals surface area contributed by atoms with Gasteiger partial charge in [-0.3, -0.25) is 0 Å². The summed E-state index contributed by atoms with van der Waals surface area (Å²) in [5.74, 6) is 0. The Labute approximate surface area is 127 Å². The van der Waals surface area contributed by atoms with Crippen LogP contribution in [0, 0.1) is 0 Å². The second kappa shape index (κ2) is 7.96. The van der Waals surface area contributed by atoms with E-state index in [0.29, 0.717) is 19.3 Å². The van der Waals surface area contributed by atoms with Gasteiger partial charge in [-0.2, -0.15) is 0 Å². The van der Waals surface area contributed by atoms with Gasteiger partial charge in [-0.15, -0.1) is 0 Å². The summed E-state index contributed by atoms with van der Waals surface area (Å²) in [5.41, 5.74) is 10.6. The molecule has 0 aliphatic carbocycles. The molecule has 2 N–H and O–H groups in total. The number of hydrogen-bond donors (Lipinski definition) is 1. The van der Waals surface area contributed by atoms with Crippen molar-refractivity contribution in [1.29, 1.82) is 0 Å². The minimum atomic E-state index is 0.327. The van der Waals surface area contributed by atoms with Crippen LogP contribution < -0.4 is 5.73 Å². The first-order chi connectivity index (χ1) is 10.2. The summed E-state index contributed by atoms with van der Waals surface area (Å²) < 4.78 is 5.84. The quantitative estimate of drug-likeness (QED) is 0.811. The predicted molar refractivity (Wildman–Crippen MR) is 88.9 cm³/mol. The third kappa shape index (κ3) is 4.42. The molecule has 0 aliphatic heterocycles. The van der Waals surface area contributed by atoms with Crippen molar-refractivity contribution in [2.45, 2.75) is 45.9 Å². The summed E-state index contributed by atoms with van der Waals surface area (Å²) in [5, 5.41) is 0. The highest BCUT2D eigenvalue weighted by Crippen LogP contribution is 2.24. The highest BCUT2D eigenvalue weighted by Gasteiger charge is 2.04. The minimum Gasteiger partial charge on any atom is -0.374 e. The van der Waals surface area contributed by atoms with Crippen LogP contribution in [0.15, 0.2) is 48.5 Å². The SMILES string of the molecule is CCCC(C)OCc1ccc(-c2ccccc2CN)cc1. The molecule has 2 aromatic carbocycles. The molecule has 0 spiro atoms. The van der Waals surface area contributed by atoms with E-state index in [9.17, 15) is 0 Å². The predicted octanol–water partition coefficient (Wildman–Crippen LogP) is 4.52. The van der Waals surface area contributed by atoms with Crippen molar-refractivity contribution in [3.8, 4) is 11.1 Å². The molecule has 0 saturated carbocycles. The molecule has 0 radical (unpaired) electrons. The van der Waals surface area contributed by atoms with Gasteiger partial charge in [-0.1, -0.05) is 61.9 Å². The van der Waals surface area contributed by atoms with E-state index in [0.717, 1.165) is 12.8 Å². The van der Waals surface area contributed by atoms with Gasteiger partial charge in [0.15, 0.2) is 0 Å². The Kier molecular flexibility index (Phi) is 5.97. The van der Waals surface area contributed by atoms with Gasteiger partial charge in [0.05, 0.1) is 12.7 Å². The highest BCUT2D eigenvalue weighted by atomic mass is 16.5. The molecule has 1 atom stereocenters. The van der Waals surface area contributed by atoms with Gasteiger partial charge in [0.2, 0.25) is 0 Å². The molecule has 0 bridgehead atoms. The monoisotopic (exact) mass is 283 g/mol. The third-order valence-corrected chi connectivity index (χ3v) is 3.73. The van der Waals surface area contributed by atoms with Gasteiger partial charge in [0.25, 0.3) is 0 Å². The first-order valence-electron chi connectivity index (χ1n) is 7.73. The summed E-state index contributed by atoms with van der Waals surface area (Å²) in [6, 6.07) is 16.9. The molecule has 0 amide bonds. The van der Waals surface area contributed by atoms with Gasteiger partial charge in [-0.05, 0) is 35.6 Å². The fraction of sp³-hybridized carbons (Fsp3) is 0.368. The molecule has 0 aliphatic rings. The molecule has 0 saturated heterocycles. The standard InChI is InChI=1S/C19H25NO/c1-3-6-15(2)21-14-16-9-11-17(12-10-16)19-8-5-4-7-18(19)13-20/h4-5,7-12,15H,3,6,13-14,20H2,1-2H3. The first kappa shape index (κ1) is 15.7. The van der Waals surface area contributed by atoms with Crippen LogP contribution in [0.1, 0.15) is 37.8 Å². The van der Waals surface area contributed by atoms with Gasteiger partial charge >= 0.3 is 0 Å². The Morgan fingerprint density at radius 2 is 1.76 bits per heavy atom. The molecule has 2 nitrogen and oxygen atoms in total. The van der Waals surface area contributed by atoms with Crippen molar-refractivity contribution in [2.75, 3.05) is 0 Å². The topological polar surface area (TPSA) is 35.2 Å². The van der Waals surface area contributed by atoms with Crippen LogP contribution in [0.3, 0.4) is 0 Å². The van der Waals surface area contributed by atoms with E-state index in [4.69, 9.17) is 10.5 Å². The second-order valence-corrected chi connectivity index (χ2v) is 5.47. The number of nitrogens with two attached hydrogens (primary N) is 1. The third-order valence-electron chi connectivity index (χ3n) is 3.73. The molecule has 2 aromatic rings. The lowest BCUT2D eigenvalue weighted by Gasteiger charge is -2.12. The molecule has 1 unspecified atom stereocenters. The van der Waals surface area contributed by atoms with Gasteiger partial charge in [-0.25, -0.2) is 0 Å². The maximum Gasteiger partial charge on any atom is 0.0720 e. The molecule has 0 fully saturated rings. The van der Waals surface area contributed by atoms with Gasteiger partial charge in [0, 0.05) is 6.54 Å². The van der Waals surface area contributed by atoms with E-state index in [1.807, 2.05) is 6.07 Å². The zero-order valence-corrected chi connectivity index (χ0v) is 13.0. The highest BCUT2D eigenvalue weighted by molar-refractivity contribution is 5.67. The smallest absolute Gasteiger partial charge is 0.0720 e. The van der Waals surface area contributed by atoms with Crippen LogP contribution in [-0.2, 0) is 17.9 Å². The lowest BCUT2D eigenvalue weighted by atomic mass is 9.99. The molecule has 112 valence electrons. The van der Waals surface area contributed by atoms with E-state index in [1.54, 1.807) is 0 Å². The summed E-state index contributed by atoms with van der Waals surface area (Å²) in [6.45, 7) is 5.56. The summed E-state index contributed by atoms with van der Waals surface area (Å²) in [7, 11) is 0. The number of ether oxygens (including phenoxy) is 1. The Hall–Kier alpha value is -1.64. The Morgan fingerprint density at radius 3 is 2.43 bits per heavy atom. The summed E-state index contributed by atoms with van der Waals surface area (Å²) in [6.07, 6.45) is 2.60. The minimum absolute atomic E-state index is 0.327. The number of benzene rings is 2. The largest absolute Gasteiger partial charge is 0.374 e. The van der Waals surface area contributed by atoms with Crippen LogP contribution in [0.2, 0.25) is 0 Å². The van der Waals surface area contributed by atoms with Gasteiger partial charge in [0.1, 0.15) is 0 Å². The summed E-state index contributed by atoms with van der Waals surface area (Å²) in [4.78, 5) is 0.